The number of aliphatic hydroxyl groups excluding tert-OH is 1. The Balaban J connectivity index is 2.15. The summed E-state index contributed by atoms with van der Waals surface area (Å²) in [7, 11) is 0. The predicted octanol–water partition coefficient (Wildman–Crippen LogP) is 1.28. The topological polar surface area (TPSA) is 72.8 Å². The van der Waals surface area contributed by atoms with Crippen molar-refractivity contribution in [3.05, 3.63) is 0 Å². The molecule has 2 bridgehead atoms. The van der Waals surface area contributed by atoms with Crippen molar-refractivity contribution >= 4 is 12.3 Å². The number of aldehydes is 1. The van der Waals surface area contributed by atoms with E-state index in [-0.39, 0.29) is 23.7 Å². The number of ether oxygens (including phenoxy) is 2. The number of aliphatic hydroxyl groups is 1. The van der Waals surface area contributed by atoms with Crippen LogP contribution in [0.3, 0.4) is 0 Å². The van der Waals surface area contributed by atoms with Crippen LogP contribution in [0.15, 0.2) is 0 Å². The van der Waals surface area contributed by atoms with E-state index in [0.717, 1.165) is 6.29 Å². The average molecular weight is 282 g/mol. The van der Waals surface area contributed by atoms with Gasteiger partial charge in [-0.2, -0.15) is 0 Å². The van der Waals surface area contributed by atoms with E-state index in [2.05, 4.69) is 6.92 Å². The van der Waals surface area contributed by atoms with Crippen LogP contribution in [0.4, 0.5) is 0 Å². The van der Waals surface area contributed by atoms with Crippen LogP contribution in [0, 0.1) is 22.7 Å². The maximum absolute atomic E-state index is 12.3. The molecule has 0 aromatic carbocycles. The number of rotatable bonds is 2. The van der Waals surface area contributed by atoms with Gasteiger partial charge in [0.25, 0.3) is 0 Å². The molecule has 2 aliphatic heterocycles. The van der Waals surface area contributed by atoms with E-state index < -0.39 is 29.4 Å². The second-order valence-corrected chi connectivity index (χ2v) is 7.10. The Labute approximate surface area is 118 Å². The summed E-state index contributed by atoms with van der Waals surface area (Å²) in [6.07, 6.45) is 0.217. The Kier molecular flexibility index (Phi) is 2.68. The SMILES string of the molecule is C[C@@H]1[C@@H](O)C[C@@]2(C)[C@H](C)[C@]3(CC=O)O[C@@H](OC3=O)[C@@]12C. The van der Waals surface area contributed by atoms with Gasteiger partial charge < -0.3 is 19.4 Å². The Hall–Kier alpha value is -0.940. The Morgan fingerprint density at radius 3 is 2.65 bits per heavy atom. The molecular formula is C15H22O5. The maximum Gasteiger partial charge on any atom is 0.341 e. The van der Waals surface area contributed by atoms with Crippen molar-refractivity contribution in [2.24, 2.45) is 22.7 Å². The molecule has 0 spiro atoms. The lowest BCUT2D eigenvalue weighted by molar-refractivity contribution is -0.268. The number of esters is 1. The van der Waals surface area contributed by atoms with Gasteiger partial charge in [-0.05, 0) is 17.8 Å². The van der Waals surface area contributed by atoms with Gasteiger partial charge in [0.1, 0.15) is 6.29 Å². The summed E-state index contributed by atoms with van der Waals surface area (Å²) in [4.78, 5) is 23.3. The number of fused-ring (bicyclic) bond motifs is 4. The van der Waals surface area contributed by atoms with Gasteiger partial charge in [0.2, 0.25) is 6.29 Å². The van der Waals surface area contributed by atoms with Gasteiger partial charge in [0.15, 0.2) is 5.60 Å². The highest BCUT2D eigenvalue weighted by Crippen LogP contribution is 2.69. The molecule has 0 aromatic rings. The lowest BCUT2D eigenvalue weighted by Gasteiger charge is -2.55. The number of carbonyl (C=O) groups is 2. The highest BCUT2D eigenvalue weighted by Gasteiger charge is 2.76. The van der Waals surface area contributed by atoms with E-state index in [1.54, 1.807) is 0 Å². The molecule has 112 valence electrons. The van der Waals surface area contributed by atoms with E-state index in [9.17, 15) is 14.7 Å². The third-order valence-electron chi connectivity index (χ3n) is 6.80. The van der Waals surface area contributed by atoms with Crippen molar-refractivity contribution in [1.29, 1.82) is 0 Å². The van der Waals surface area contributed by atoms with Gasteiger partial charge in [0, 0.05) is 17.8 Å². The van der Waals surface area contributed by atoms with Crippen molar-refractivity contribution in [2.45, 2.75) is 58.5 Å². The van der Waals surface area contributed by atoms with Crippen molar-refractivity contribution in [1.82, 2.24) is 0 Å². The van der Waals surface area contributed by atoms with E-state index in [0.29, 0.717) is 6.42 Å². The second-order valence-electron chi connectivity index (χ2n) is 7.10. The maximum atomic E-state index is 12.3. The van der Waals surface area contributed by atoms with Crippen molar-refractivity contribution in [2.75, 3.05) is 0 Å². The van der Waals surface area contributed by atoms with Crippen LogP contribution < -0.4 is 0 Å². The van der Waals surface area contributed by atoms with E-state index in [1.807, 2.05) is 20.8 Å². The average Bonchev–Trinajstić information content (AvgIpc) is 2.80. The molecule has 20 heavy (non-hydrogen) atoms. The molecule has 2 heterocycles. The fourth-order valence-corrected chi connectivity index (χ4v) is 4.81. The van der Waals surface area contributed by atoms with Crippen LogP contribution in [0.25, 0.3) is 0 Å². The fraction of sp³-hybridized carbons (Fsp3) is 0.867. The van der Waals surface area contributed by atoms with Crippen LogP contribution in [0.5, 0.6) is 0 Å². The molecule has 1 aliphatic carbocycles. The number of hydrogen-bond acceptors (Lipinski definition) is 5. The second kappa shape index (κ2) is 3.83. The van der Waals surface area contributed by atoms with E-state index in [4.69, 9.17) is 9.47 Å². The summed E-state index contributed by atoms with van der Waals surface area (Å²) in [5.74, 6) is -0.642. The Morgan fingerprint density at radius 2 is 2.05 bits per heavy atom. The monoisotopic (exact) mass is 282 g/mol. The van der Waals surface area contributed by atoms with Gasteiger partial charge in [-0.3, -0.25) is 0 Å². The standard InChI is InChI=1S/C15H22O5/c1-8-10(17)7-13(3)9(2)15(5-6-16)11(18)19-12(20-15)14(8,13)4/h6,8-10,12,17H,5,7H2,1-4H3/t8-,9+,10+,12-,13+,14-,15+/m1/s1. The predicted molar refractivity (Wildman–Crippen MR) is 69.5 cm³/mol. The van der Waals surface area contributed by atoms with Crippen molar-refractivity contribution in [3.63, 3.8) is 0 Å². The molecule has 3 rings (SSSR count). The molecule has 1 N–H and O–H groups in total. The van der Waals surface area contributed by atoms with Gasteiger partial charge in [0.05, 0.1) is 6.10 Å². The number of hydrogen-bond donors (Lipinski definition) is 1. The van der Waals surface area contributed by atoms with Gasteiger partial charge in [-0.15, -0.1) is 0 Å². The van der Waals surface area contributed by atoms with Gasteiger partial charge in [-0.25, -0.2) is 4.79 Å². The summed E-state index contributed by atoms with van der Waals surface area (Å²) in [6, 6.07) is 0. The molecule has 0 aromatic heterocycles. The summed E-state index contributed by atoms with van der Waals surface area (Å²) < 4.78 is 11.4. The summed E-state index contributed by atoms with van der Waals surface area (Å²) in [5.41, 5.74) is -1.92. The van der Waals surface area contributed by atoms with Gasteiger partial charge in [-0.1, -0.05) is 27.7 Å². The minimum Gasteiger partial charge on any atom is -0.433 e. The van der Waals surface area contributed by atoms with E-state index in [1.165, 1.54) is 0 Å². The van der Waals surface area contributed by atoms with Crippen LogP contribution in [-0.4, -0.2) is 35.4 Å². The Bertz CT molecular complexity index is 477. The third kappa shape index (κ3) is 1.22. The van der Waals surface area contributed by atoms with E-state index >= 15 is 0 Å². The molecule has 0 unspecified atom stereocenters. The van der Waals surface area contributed by atoms with Crippen molar-refractivity contribution < 1.29 is 24.2 Å². The zero-order valence-electron chi connectivity index (χ0n) is 12.4. The lowest BCUT2D eigenvalue weighted by atomic mass is 9.54. The first-order chi connectivity index (χ1) is 9.24. The van der Waals surface area contributed by atoms with Gasteiger partial charge >= 0.3 is 5.97 Å². The minimum atomic E-state index is -1.18. The summed E-state index contributed by atoms with van der Waals surface area (Å²) >= 11 is 0. The molecule has 3 fully saturated rings. The molecule has 3 aliphatic rings. The molecule has 5 nitrogen and oxygen atoms in total. The molecule has 1 saturated carbocycles. The zero-order chi connectivity index (χ0) is 14.9. The van der Waals surface area contributed by atoms with Crippen molar-refractivity contribution in [3.8, 4) is 0 Å². The highest BCUT2D eigenvalue weighted by molar-refractivity contribution is 5.85. The molecule has 2 saturated heterocycles. The van der Waals surface area contributed by atoms with Crippen LogP contribution in [0.1, 0.15) is 40.5 Å². The molecule has 5 heteroatoms. The van der Waals surface area contributed by atoms with Crippen LogP contribution in [-0.2, 0) is 19.1 Å². The van der Waals surface area contributed by atoms with Crippen LogP contribution >= 0.6 is 0 Å². The third-order valence-corrected chi connectivity index (χ3v) is 6.80. The molecule has 0 radical (unpaired) electrons. The molecular weight excluding hydrogens is 260 g/mol. The smallest absolute Gasteiger partial charge is 0.341 e. The quantitative estimate of drug-likeness (QED) is 0.610. The zero-order valence-corrected chi connectivity index (χ0v) is 12.4. The summed E-state index contributed by atoms with van der Waals surface area (Å²) in [5, 5.41) is 10.3. The minimum absolute atomic E-state index is 0.0135. The first-order valence-electron chi connectivity index (χ1n) is 7.24. The summed E-state index contributed by atoms with van der Waals surface area (Å²) in [6.45, 7) is 8.03. The highest BCUT2D eigenvalue weighted by atomic mass is 16.8. The largest absolute Gasteiger partial charge is 0.433 e. The first-order valence-corrected chi connectivity index (χ1v) is 7.24. The number of carbonyl (C=O) groups excluding carboxylic acids is 2. The lowest BCUT2D eigenvalue weighted by Crippen LogP contribution is -2.61. The first kappa shape index (κ1) is 14.0. The fourth-order valence-electron chi connectivity index (χ4n) is 4.81. The molecule has 0 amide bonds. The normalized spacial score (nSPS) is 57.4. The van der Waals surface area contributed by atoms with Crippen LogP contribution in [0.2, 0.25) is 0 Å². The Morgan fingerprint density at radius 1 is 1.40 bits per heavy atom. The molecule has 7 atom stereocenters.